The van der Waals surface area contributed by atoms with Crippen molar-refractivity contribution in [3.8, 4) is 16.9 Å². The summed E-state index contributed by atoms with van der Waals surface area (Å²) in [5.41, 5.74) is 5.00. The third-order valence-corrected chi connectivity index (χ3v) is 5.34. The van der Waals surface area contributed by atoms with Crippen LogP contribution in [0, 0.1) is 6.92 Å². The number of carbonyl (C=O) groups is 1. The normalized spacial score (nSPS) is 16.4. The topological polar surface area (TPSA) is 69.6 Å². The summed E-state index contributed by atoms with van der Waals surface area (Å²) < 4.78 is 12.6. The number of hydrogen-bond acceptors (Lipinski definition) is 5. The van der Waals surface area contributed by atoms with Crippen molar-refractivity contribution in [2.75, 3.05) is 7.11 Å². The lowest BCUT2D eigenvalue weighted by molar-refractivity contribution is 0.0958. The molecule has 0 spiro atoms. The van der Waals surface area contributed by atoms with E-state index < -0.39 is 0 Å². The number of furan rings is 1. The highest BCUT2D eigenvalue weighted by atomic mass is 16.5. The second-order valence-corrected chi connectivity index (χ2v) is 7.11. The molecule has 5 rings (SSSR count). The first-order valence-electron chi connectivity index (χ1n) is 9.24. The maximum atomic E-state index is 12.7. The van der Waals surface area contributed by atoms with Gasteiger partial charge in [0.2, 0.25) is 0 Å². The monoisotopic (exact) mass is 373 g/mol. The van der Waals surface area contributed by atoms with Gasteiger partial charge in [-0.05, 0) is 36.8 Å². The van der Waals surface area contributed by atoms with E-state index in [0.717, 1.165) is 39.7 Å². The molecule has 3 aromatic heterocycles. The van der Waals surface area contributed by atoms with Crippen molar-refractivity contribution >= 4 is 11.4 Å². The molecule has 0 amide bonds. The molecule has 28 heavy (non-hydrogen) atoms. The molecule has 1 aliphatic rings. The van der Waals surface area contributed by atoms with Crippen molar-refractivity contribution in [1.29, 1.82) is 0 Å². The van der Waals surface area contributed by atoms with Crippen LogP contribution in [0.4, 0.5) is 0 Å². The molecule has 140 valence electrons. The second kappa shape index (κ2) is 6.34. The summed E-state index contributed by atoms with van der Waals surface area (Å²) in [6, 6.07) is 11.6. The van der Waals surface area contributed by atoms with E-state index in [1.807, 2.05) is 49.5 Å². The zero-order valence-corrected chi connectivity index (χ0v) is 15.7. The Morgan fingerprint density at radius 1 is 1.21 bits per heavy atom. The summed E-state index contributed by atoms with van der Waals surface area (Å²) in [4.78, 5) is 17.6. The highest BCUT2D eigenvalue weighted by Gasteiger charge is 2.30. The highest BCUT2D eigenvalue weighted by Crippen LogP contribution is 2.35. The zero-order chi connectivity index (χ0) is 19.3. The van der Waals surface area contributed by atoms with Crippen LogP contribution >= 0.6 is 0 Å². The minimum Gasteiger partial charge on any atom is -0.497 e. The molecule has 3 heterocycles. The van der Waals surface area contributed by atoms with Crippen molar-refractivity contribution in [1.82, 2.24) is 14.6 Å². The van der Waals surface area contributed by atoms with Gasteiger partial charge in [-0.15, -0.1) is 0 Å². The third kappa shape index (κ3) is 2.60. The highest BCUT2D eigenvalue weighted by molar-refractivity contribution is 5.99. The number of hydrogen-bond donors (Lipinski definition) is 0. The van der Waals surface area contributed by atoms with Gasteiger partial charge in [0.25, 0.3) is 0 Å². The van der Waals surface area contributed by atoms with Crippen molar-refractivity contribution in [2.45, 2.75) is 25.7 Å². The summed E-state index contributed by atoms with van der Waals surface area (Å²) in [5, 5.41) is 4.60. The third-order valence-electron chi connectivity index (χ3n) is 5.34. The van der Waals surface area contributed by atoms with Gasteiger partial charge in [-0.25, -0.2) is 9.50 Å². The van der Waals surface area contributed by atoms with Gasteiger partial charge in [-0.3, -0.25) is 4.79 Å². The van der Waals surface area contributed by atoms with Crippen LogP contribution in [-0.2, 0) is 6.42 Å². The number of benzene rings is 1. The zero-order valence-electron chi connectivity index (χ0n) is 15.7. The lowest BCUT2D eigenvalue weighted by Crippen LogP contribution is -2.21. The minimum atomic E-state index is 0.0224. The van der Waals surface area contributed by atoms with Gasteiger partial charge < -0.3 is 9.15 Å². The Balaban J connectivity index is 1.66. The Labute approximate surface area is 161 Å². The molecule has 0 saturated heterocycles. The molecule has 1 unspecified atom stereocenters. The molecule has 1 aliphatic carbocycles. The SMILES string of the molecule is COc1cccc(-c2c(C)nn3cc4c(nc23)CC(c2ccco2)CC4=O)c1. The average molecular weight is 373 g/mol. The van der Waals surface area contributed by atoms with Crippen molar-refractivity contribution in [3.05, 3.63) is 71.6 Å². The molecule has 1 aromatic carbocycles. The summed E-state index contributed by atoms with van der Waals surface area (Å²) in [7, 11) is 1.65. The summed E-state index contributed by atoms with van der Waals surface area (Å²) in [6.07, 6.45) is 4.56. The Morgan fingerprint density at radius 3 is 2.89 bits per heavy atom. The fourth-order valence-corrected chi connectivity index (χ4v) is 3.99. The van der Waals surface area contributed by atoms with Crippen molar-refractivity contribution < 1.29 is 13.9 Å². The molecule has 6 heteroatoms. The van der Waals surface area contributed by atoms with Gasteiger partial charge >= 0.3 is 0 Å². The Morgan fingerprint density at radius 2 is 2.11 bits per heavy atom. The van der Waals surface area contributed by atoms with E-state index in [2.05, 4.69) is 5.10 Å². The molecule has 6 nitrogen and oxygen atoms in total. The van der Waals surface area contributed by atoms with E-state index in [0.29, 0.717) is 18.4 Å². The molecular weight excluding hydrogens is 354 g/mol. The lowest BCUT2D eigenvalue weighted by Gasteiger charge is -2.21. The predicted molar refractivity (Wildman–Crippen MR) is 104 cm³/mol. The minimum absolute atomic E-state index is 0.0224. The fourth-order valence-electron chi connectivity index (χ4n) is 3.99. The fraction of sp³-hybridized carbons (Fsp3) is 0.227. The van der Waals surface area contributed by atoms with Gasteiger partial charge in [0.15, 0.2) is 11.4 Å². The van der Waals surface area contributed by atoms with Gasteiger partial charge in [-0.2, -0.15) is 5.10 Å². The molecule has 0 radical (unpaired) electrons. The van der Waals surface area contributed by atoms with Crippen molar-refractivity contribution in [2.24, 2.45) is 0 Å². The van der Waals surface area contributed by atoms with E-state index in [4.69, 9.17) is 14.1 Å². The van der Waals surface area contributed by atoms with Crippen LogP contribution in [0.5, 0.6) is 5.75 Å². The first-order chi connectivity index (χ1) is 13.6. The second-order valence-electron chi connectivity index (χ2n) is 7.11. The summed E-state index contributed by atoms with van der Waals surface area (Å²) in [5.74, 6) is 1.71. The number of aryl methyl sites for hydroxylation is 1. The van der Waals surface area contributed by atoms with Crippen LogP contribution in [0.3, 0.4) is 0 Å². The number of ketones is 1. The number of carbonyl (C=O) groups excluding carboxylic acids is 1. The van der Waals surface area contributed by atoms with Crippen LogP contribution in [-0.4, -0.2) is 27.5 Å². The van der Waals surface area contributed by atoms with Crippen LogP contribution in [0.25, 0.3) is 16.8 Å². The summed E-state index contributed by atoms with van der Waals surface area (Å²) in [6.45, 7) is 1.95. The molecule has 0 fully saturated rings. The van der Waals surface area contributed by atoms with Gasteiger partial charge in [0.1, 0.15) is 11.5 Å². The van der Waals surface area contributed by atoms with Gasteiger partial charge in [0.05, 0.1) is 30.3 Å². The quantitative estimate of drug-likeness (QED) is 0.538. The van der Waals surface area contributed by atoms with Gasteiger partial charge in [0, 0.05) is 30.5 Å². The molecular formula is C22H19N3O3. The van der Waals surface area contributed by atoms with Gasteiger partial charge in [-0.1, -0.05) is 12.1 Å². The molecule has 1 atom stereocenters. The molecule has 0 aliphatic heterocycles. The predicted octanol–water partition coefficient (Wildman–Crippen LogP) is 4.22. The Bertz CT molecular complexity index is 1190. The van der Waals surface area contributed by atoms with Crippen LogP contribution in [0.2, 0.25) is 0 Å². The summed E-state index contributed by atoms with van der Waals surface area (Å²) >= 11 is 0. The average Bonchev–Trinajstić information content (AvgIpc) is 3.34. The number of nitrogens with zero attached hydrogens (tertiary/aromatic N) is 3. The maximum absolute atomic E-state index is 12.7. The van der Waals surface area contributed by atoms with E-state index in [-0.39, 0.29) is 11.7 Å². The Kier molecular flexibility index (Phi) is 3.79. The molecule has 0 saturated carbocycles. The largest absolute Gasteiger partial charge is 0.497 e. The van der Waals surface area contributed by atoms with E-state index in [1.165, 1.54) is 0 Å². The lowest BCUT2D eigenvalue weighted by atomic mass is 9.85. The standard InChI is InChI=1S/C22H19N3O3/c1-13-21(14-5-3-6-16(9-14)27-2)22-23-18-10-15(20-7-4-8-28-20)11-19(26)17(18)12-25(22)24-13/h3-9,12,15H,10-11H2,1-2H3. The van der Waals surface area contributed by atoms with E-state index >= 15 is 0 Å². The maximum Gasteiger partial charge on any atom is 0.167 e. The van der Waals surface area contributed by atoms with E-state index in [9.17, 15) is 4.79 Å². The van der Waals surface area contributed by atoms with Crippen LogP contribution < -0.4 is 4.74 Å². The first kappa shape index (κ1) is 16.7. The number of rotatable bonds is 3. The Hall–Kier alpha value is -3.41. The number of methoxy groups -OCH3 is 1. The number of fused-ring (bicyclic) bond motifs is 2. The molecule has 0 N–H and O–H groups in total. The van der Waals surface area contributed by atoms with E-state index in [1.54, 1.807) is 17.9 Å². The smallest absolute Gasteiger partial charge is 0.167 e. The number of Topliss-reactive ketones (excluding diaryl/α,β-unsaturated/α-hetero) is 1. The van der Waals surface area contributed by atoms with Crippen molar-refractivity contribution in [3.63, 3.8) is 0 Å². The van der Waals surface area contributed by atoms with Crippen LogP contribution in [0.15, 0.2) is 53.3 Å². The molecule has 4 aromatic rings. The first-order valence-corrected chi connectivity index (χ1v) is 9.24. The number of ether oxygens (including phenoxy) is 1. The molecule has 0 bridgehead atoms. The number of aromatic nitrogens is 3. The van der Waals surface area contributed by atoms with Crippen LogP contribution in [0.1, 0.15) is 39.8 Å².